The Morgan fingerprint density at radius 3 is 2.62 bits per heavy atom. The van der Waals surface area contributed by atoms with Gasteiger partial charge >= 0.3 is 0 Å². The number of aliphatic hydroxyl groups excluding tert-OH is 1. The Balaban J connectivity index is 1.80. The highest BCUT2D eigenvalue weighted by molar-refractivity contribution is 4.91. The fourth-order valence-electron chi connectivity index (χ4n) is 2.33. The number of nitrogens with zero attached hydrogens (tertiary/aromatic N) is 1. The van der Waals surface area contributed by atoms with Crippen LogP contribution < -0.4 is 0 Å². The largest absolute Gasteiger partial charge is 0.392 e. The molecule has 0 amide bonds. The number of hydrogen-bond acceptors (Lipinski definition) is 3. The van der Waals surface area contributed by atoms with Crippen molar-refractivity contribution < 1.29 is 10.2 Å². The van der Waals surface area contributed by atoms with Gasteiger partial charge in [0.2, 0.25) is 0 Å². The number of β-amino-alcohol motifs (C(OH)–C–C–N with tert-alkyl or cyclic N) is 2. The van der Waals surface area contributed by atoms with Crippen molar-refractivity contribution >= 4 is 0 Å². The van der Waals surface area contributed by atoms with Crippen molar-refractivity contribution in [3.05, 3.63) is 0 Å². The van der Waals surface area contributed by atoms with Crippen molar-refractivity contribution in [2.75, 3.05) is 19.6 Å². The quantitative estimate of drug-likeness (QED) is 0.653. The summed E-state index contributed by atoms with van der Waals surface area (Å²) in [4.78, 5) is 2.20. The zero-order valence-corrected chi connectivity index (χ0v) is 8.08. The van der Waals surface area contributed by atoms with Crippen molar-refractivity contribution in [2.24, 2.45) is 0 Å². The van der Waals surface area contributed by atoms with Gasteiger partial charge in [0.25, 0.3) is 0 Å². The average molecular weight is 185 g/mol. The summed E-state index contributed by atoms with van der Waals surface area (Å²) >= 11 is 0. The molecule has 0 bridgehead atoms. The lowest BCUT2D eigenvalue weighted by molar-refractivity contribution is -0.0706. The molecule has 1 unspecified atom stereocenters. The summed E-state index contributed by atoms with van der Waals surface area (Å²) < 4.78 is 0. The van der Waals surface area contributed by atoms with Gasteiger partial charge in [0.1, 0.15) is 0 Å². The molecule has 0 spiro atoms. The van der Waals surface area contributed by atoms with E-state index >= 15 is 0 Å². The van der Waals surface area contributed by atoms with E-state index < -0.39 is 5.60 Å². The van der Waals surface area contributed by atoms with Gasteiger partial charge < -0.3 is 10.2 Å². The molecule has 1 aliphatic carbocycles. The summed E-state index contributed by atoms with van der Waals surface area (Å²) in [6.07, 6.45) is 4.87. The van der Waals surface area contributed by atoms with E-state index in [4.69, 9.17) is 0 Å². The second-order valence-electron chi connectivity index (χ2n) is 4.61. The monoisotopic (exact) mass is 185 g/mol. The molecule has 1 saturated carbocycles. The molecule has 0 aromatic heterocycles. The summed E-state index contributed by atoms with van der Waals surface area (Å²) in [5.74, 6) is 0. The predicted octanol–water partition coefficient (Wildman–Crippen LogP) is 0.358. The molecular formula is C10H19NO2. The van der Waals surface area contributed by atoms with Gasteiger partial charge in [-0.1, -0.05) is 0 Å². The maximum absolute atomic E-state index is 9.93. The lowest BCUT2D eigenvalue weighted by Gasteiger charge is -2.42. The van der Waals surface area contributed by atoms with E-state index in [1.54, 1.807) is 0 Å². The normalized spacial score (nSPS) is 34.2. The zero-order valence-electron chi connectivity index (χ0n) is 8.08. The molecule has 76 valence electrons. The molecule has 2 rings (SSSR count). The van der Waals surface area contributed by atoms with Crippen LogP contribution in [0.4, 0.5) is 0 Å². The van der Waals surface area contributed by atoms with Crippen LogP contribution in [0.1, 0.15) is 32.1 Å². The number of rotatable bonds is 2. The Morgan fingerprint density at radius 2 is 2.08 bits per heavy atom. The van der Waals surface area contributed by atoms with Gasteiger partial charge in [-0.2, -0.15) is 0 Å². The molecule has 0 radical (unpaired) electrons. The van der Waals surface area contributed by atoms with Crippen molar-refractivity contribution in [1.82, 2.24) is 4.90 Å². The highest BCUT2D eigenvalue weighted by atomic mass is 16.3. The number of hydrogen-bond donors (Lipinski definition) is 2. The molecule has 1 aliphatic heterocycles. The molecular weight excluding hydrogens is 166 g/mol. The minimum absolute atomic E-state index is 0.169. The van der Waals surface area contributed by atoms with Gasteiger partial charge in [0.05, 0.1) is 11.7 Å². The molecule has 2 fully saturated rings. The summed E-state index contributed by atoms with van der Waals surface area (Å²) in [6, 6.07) is 0. The summed E-state index contributed by atoms with van der Waals surface area (Å²) in [6.45, 7) is 2.56. The van der Waals surface area contributed by atoms with Crippen LogP contribution in [0.15, 0.2) is 0 Å². The molecule has 3 nitrogen and oxygen atoms in total. The van der Waals surface area contributed by atoms with Gasteiger partial charge in [-0.15, -0.1) is 0 Å². The van der Waals surface area contributed by atoms with Gasteiger partial charge in [0, 0.05) is 13.1 Å². The number of aliphatic hydroxyl groups is 2. The first kappa shape index (κ1) is 9.44. The number of likely N-dealkylation sites (tertiary alicyclic amines) is 1. The van der Waals surface area contributed by atoms with Crippen LogP contribution in [-0.2, 0) is 0 Å². The first-order valence-electron chi connectivity index (χ1n) is 5.31. The molecule has 1 heterocycles. The van der Waals surface area contributed by atoms with Crippen LogP contribution in [0.2, 0.25) is 0 Å². The molecule has 3 heteroatoms. The second kappa shape index (κ2) is 3.56. The maximum atomic E-state index is 9.93. The van der Waals surface area contributed by atoms with Gasteiger partial charge in [-0.3, -0.25) is 4.90 Å². The van der Waals surface area contributed by atoms with E-state index in [2.05, 4.69) is 4.90 Å². The molecule has 1 atom stereocenters. The second-order valence-corrected chi connectivity index (χ2v) is 4.61. The molecule has 2 aliphatic rings. The van der Waals surface area contributed by atoms with Crippen molar-refractivity contribution in [1.29, 1.82) is 0 Å². The minimum atomic E-state index is -0.420. The predicted molar refractivity (Wildman–Crippen MR) is 50.5 cm³/mol. The van der Waals surface area contributed by atoms with Crippen LogP contribution in [0.3, 0.4) is 0 Å². The fraction of sp³-hybridized carbons (Fsp3) is 1.00. The molecule has 0 aromatic rings. The van der Waals surface area contributed by atoms with E-state index in [0.717, 1.165) is 51.7 Å². The summed E-state index contributed by atoms with van der Waals surface area (Å²) in [5, 5.41) is 19.4. The molecule has 13 heavy (non-hydrogen) atoms. The SMILES string of the molecule is OC1CCCN(CC2(O)CCC2)C1. The standard InChI is InChI=1S/C10H19NO2/c12-9-3-1-6-11(7-9)8-10(13)4-2-5-10/h9,12-13H,1-8H2. The van der Waals surface area contributed by atoms with E-state index in [9.17, 15) is 10.2 Å². The smallest absolute Gasteiger partial charge is 0.0774 e. The lowest BCUT2D eigenvalue weighted by Crippen LogP contribution is -2.51. The van der Waals surface area contributed by atoms with Crippen molar-refractivity contribution in [2.45, 2.75) is 43.8 Å². The first-order valence-corrected chi connectivity index (χ1v) is 5.31. The zero-order chi connectivity index (χ0) is 9.31. The minimum Gasteiger partial charge on any atom is -0.392 e. The topological polar surface area (TPSA) is 43.7 Å². The third kappa shape index (κ3) is 2.22. The van der Waals surface area contributed by atoms with Crippen LogP contribution >= 0.6 is 0 Å². The highest BCUT2D eigenvalue weighted by Crippen LogP contribution is 2.32. The van der Waals surface area contributed by atoms with E-state index in [0.29, 0.717) is 0 Å². The van der Waals surface area contributed by atoms with Gasteiger partial charge in [0.15, 0.2) is 0 Å². The maximum Gasteiger partial charge on any atom is 0.0774 e. The fourth-order valence-corrected chi connectivity index (χ4v) is 2.33. The molecule has 1 saturated heterocycles. The Kier molecular flexibility index (Phi) is 2.58. The van der Waals surface area contributed by atoms with Crippen LogP contribution in [0.25, 0.3) is 0 Å². The molecule has 0 aromatic carbocycles. The van der Waals surface area contributed by atoms with E-state index in [-0.39, 0.29) is 6.10 Å². The van der Waals surface area contributed by atoms with Crippen LogP contribution in [-0.4, -0.2) is 46.5 Å². The summed E-state index contributed by atoms with van der Waals surface area (Å²) in [7, 11) is 0. The van der Waals surface area contributed by atoms with Crippen molar-refractivity contribution in [3.8, 4) is 0 Å². The Bertz CT molecular complexity index is 180. The lowest BCUT2D eigenvalue weighted by atomic mass is 9.79. The average Bonchev–Trinajstić information content (AvgIpc) is 2.01. The highest BCUT2D eigenvalue weighted by Gasteiger charge is 2.36. The van der Waals surface area contributed by atoms with Crippen LogP contribution in [0.5, 0.6) is 0 Å². The Labute approximate surface area is 79.4 Å². The van der Waals surface area contributed by atoms with Gasteiger partial charge in [-0.05, 0) is 38.6 Å². The Hall–Kier alpha value is -0.120. The Morgan fingerprint density at radius 1 is 1.31 bits per heavy atom. The van der Waals surface area contributed by atoms with Gasteiger partial charge in [-0.25, -0.2) is 0 Å². The van der Waals surface area contributed by atoms with Crippen molar-refractivity contribution in [3.63, 3.8) is 0 Å². The first-order chi connectivity index (χ1) is 6.18. The number of piperidine rings is 1. The summed E-state index contributed by atoms with van der Waals surface area (Å²) in [5.41, 5.74) is -0.420. The van der Waals surface area contributed by atoms with E-state index in [1.807, 2.05) is 0 Å². The third-order valence-corrected chi connectivity index (χ3v) is 3.28. The molecule has 2 N–H and O–H groups in total. The van der Waals surface area contributed by atoms with E-state index in [1.165, 1.54) is 0 Å². The van der Waals surface area contributed by atoms with Crippen LogP contribution in [0, 0.1) is 0 Å². The third-order valence-electron chi connectivity index (χ3n) is 3.28.